The third kappa shape index (κ3) is 5.00. The molecule has 0 aliphatic heterocycles. The van der Waals surface area contributed by atoms with E-state index in [4.69, 9.17) is 11.6 Å². The molecule has 1 aromatic heterocycles. The molecule has 6 heteroatoms. The second-order valence-electron chi connectivity index (χ2n) is 8.62. The van der Waals surface area contributed by atoms with E-state index in [2.05, 4.69) is 31.5 Å². The predicted octanol–water partition coefficient (Wildman–Crippen LogP) is 3.72. The van der Waals surface area contributed by atoms with Gasteiger partial charge in [-0.15, -0.1) is 11.3 Å². The highest BCUT2D eigenvalue weighted by atomic mass is 35.5. The lowest BCUT2D eigenvalue weighted by Crippen LogP contribution is -3.00. The van der Waals surface area contributed by atoms with Gasteiger partial charge >= 0.3 is 0 Å². The van der Waals surface area contributed by atoms with E-state index in [0.717, 1.165) is 32.8 Å². The van der Waals surface area contributed by atoms with Gasteiger partial charge in [-0.25, -0.2) is 0 Å². The standard InChI is InChI=1S/C24H27ClN2OS.ClH/c1-27(2,19-8-4-3-5-9-19)16-17-12-14-18(15-13-17)26-24(28)23-22(25)20-10-6-7-11-21(20)29-23;/h6-7,10-15,19H,3-5,8-9,16H2,1-2H3;1H. The molecule has 3 aromatic rings. The maximum atomic E-state index is 12.7. The first-order valence-corrected chi connectivity index (χ1v) is 11.5. The molecule has 1 saturated carbocycles. The summed E-state index contributed by atoms with van der Waals surface area (Å²) in [6.45, 7) is 1.01. The molecular formula is C24H28Cl2N2OS. The summed E-state index contributed by atoms with van der Waals surface area (Å²) >= 11 is 7.87. The smallest absolute Gasteiger partial charge is 0.267 e. The van der Waals surface area contributed by atoms with Crippen molar-refractivity contribution in [3.63, 3.8) is 0 Å². The van der Waals surface area contributed by atoms with Crippen molar-refractivity contribution >= 4 is 44.6 Å². The summed E-state index contributed by atoms with van der Waals surface area (Å²) in [4.78, 5) is 13.3. The number of nitrogens with zero attached hydrogens (tertiary/aromatic N) is 1. The number of benzene rings is 2. The fourth-order valence-electron chi connectivity index (χ4n) is 4.42. The zero-order chi connectivity index (χ0) is 20.4. The SMILES string of the molecule is C[N+](C)(Cc1ccc(NC(=O)c2sc3ccccc3c2Cl)cc1)C1CCCCC1.[Cl-]. The van der Waals surface area contributed by atoms with Crippen LogP contribution in [0.5, 0.6) is 0 Å². The van der Waals surface area contributed by atoms with Crippen molar-refractivity contribution in [2.45, 2.75) is 44.7 Å². The third-order valence-corrected chi connectivity index (χ3v) is 7.78. The number of quaternary nitrogens is 1. The number of fused-ring (bicyclic) bond motifs is 1. The summed E-state index contributed by atoms with van der Waals surface area (Å²) in [6, 6.07) is 16.8. The molecule has 0 saturated heterocycles. The number of thiophene rings is 1. The van der Waals surface area contributed by atoms with Crippen LogP contribution in [-0.4, -0.2) is 30.5 Å². The summed E-state index contributed by atoms with van der Waals surface area (Å²) < 4.78 is 2.06. The zero-order valence-electron chi connectivity index (χ0n) is 17.5. The Balaban J connectivity index is 0.00000256. The van der Waals surface area contributed by atoms with E-state index in [9.17, 15) is 4.79 Å². The van der Waals surface area contributed by atoms with Gasteiger partial charge in [0.2, 0.25) is 0 Å². The lowest BCUT2D eigenvalue weighted by atomic mass is 9.92. The topological polar surface area (TPSA) is 29.1 Å². The highest BCUT2D eigenvalue weighted by Gasteiger charge is 2.29. The lowest BCUT2D eigenvalue weighted by Gasteiger charge is -2.40. The van der Waals surface area contributed by atoms with Crippen LogP contribution in [-0.2, 0) is 6.54 Å². The number of anilines is 1. The number of carbonyl (C=O) groups excluding carboxylic acids is 1. The number of halogens is 2. The molecule has 1 aliphatic carbocycles. The number of carbonyl (C=O) groups is 1. The molecule has 4 rings (SSSR count). The molecule has 0 bridgehead atoms. The van der Waals surface area contributed by atoms with Crippen LogP contribution in [0.2, 0.25) is 5.02 Å². The van der Waals surface area contributed by atoms with Crippen LogP contribution < -0.4 is 17.7 Å². The van der Waals surface area contributed by atoms with Crippen LogP contribution in [0.3, 0.4) is 0 Å². The minimum absolute atomic E-state index is 0. The second-order valence-corrected chi connectivity index (χ2v) is 10.1. The molecule has 0 radical (unpaired) electrons. The first-order valence-electron chi connectivity index (χ1n) is 10.3. The summed E-state index contributed by atoms with van der Waals surface area (Å²) in [6.07, 6.45) is 6.76. The van der Waals surface area contributed by atoms with Crippen molar-refractivity contribution in [2.75, 3.05) is 19.4 Å². The highest BCUT2D eigenvalue weighted by molar-refractivity contribution is 7.21. The van der Waals surface area contributed by atoms with E-state index >= 15 is 0 Å². The first-order chi connectivity index (χ1) is 13.9. The van der Waals surface area contributed by atoms with Crippen molar-refractivity contribution < 1.29 is 21.7 Å². The Morgan fingerprint density at radius 2 is 1.73 bits per heavy atom. The number of amides is 1. The van der Waals surface area contributed by atoms with E-state index in [1.54, 1.807) is 0 Å². The maximum Gasteiger partial charge on any atom is 0.267 e. The van der Waals surface area contributed by atoms with Gasteiger partial charge in [-0.2, -0.15) is 0 Å². The fraction of sp³-hybridized carbons (Fsp3) is 0.375. The van der Waals surface area contributed by atoms with Crippen molar-refractivity contribution in [3.8, 4) is 0 Å². The lowest BCUT2D eigenvalue weighted by molar-refractivity contribution is -0.929. The molecule has 2 aromatic carbocycles. The van der Waals surface area contributed by atoms with Crippen LogP contribution in [0.15, 0.2) is 48.5 Å². The highest BCUT2D eigenvalue weighted by Crippen LogP contribution is 2.35. The molecule has 1 N–H and O–H groups in total. The van der Waals surface area contributed by atoms with Gasteiger partial charge in [0, 0.05) is 21.3 Å². The van der Waals surface area contributed by atoms with Crippen molar-refractivity contribution in [1.29, 1.82) is 0 Å². The first kappa shape index (κ1) is 23.1. The van der Waals surface area contributed by atoms with E-state index < -0.39 is 0 Å². The monoisotopic (exact) mass is 462 g/mol. The molecule has 1 aliphatic rings. The van der Waals surface area contributed by atoms with Crippen molar-refractivity contribution in [2.24, 2.45) is 0 Å². The summed E-state index contributed by atoms with van der Waals surface area (Å²) in [7, 11) is 4.68. The molecule has 30 heavy (non-hydrogen) atoms. The molecular weight excluding hydrogens is 435 g/mol. The van der Waals surface area contributed by atoms with Gasteiger partial charge in [0.05, 0.1) is 25.2 Å². The maximum absolute atomic E-state index is 12.7. The van der Waals surface area contributed by atoms with Crippen molar-refractivity contribution in [1.82, 2.24) is 0 Å². The Bertz CT molecular complexity index is 1010. The van der Waals surface area contributed by atoms with Gasteiger partial charge in [-0.05, 0) is 43.9 Å². The number of nitrogens with one attached hydrogen (secondary N) is 1. The average Bonchev–Trinajstić information content (AvgIpc) is 3.07. The van der Waals surface area contributed by atoms with Gasteiger partial charge in [-0.3, -0.25) is 4.79 Å². The van der Waals surface area contributed by atoms with E-state index in [-0.39, 0.29) is 18.3 Å². The molecule has 1 fully saturated rings. The van der Waals surface area contributed by atoms with E-state index in [1.807, 2.05) is 36.4 Å². The average molecular weight is 463 g/mol. The number of hydrogen-bond acceptors (Lipinski definition) is 2. The Kier molecular flexibility index (Phi) is 7.46. The Labute approximate surface area is 194 Å². The Morgan fingerprint density at radius 3 is 2.40 bits per heavy atom. The molecule has 1 heterocycles. The van der Waals surface area contributed by atoms with Gasteiger partial charge in [0.1, 0.15) is 11.4 Å². The van der Waals surface area contributed by atoms with Crippen LogP contribution in [0.4, 0.5) is 5.69 Å². The van der Waals surface area contributed by atoms with E-state index in [1.165, 1.54) is 49.0 Å². The third-order valence-electron chi connectivity index (χ3n) is 6.11. The zero-order valence-corrected chi connectivity index (χ0v) is 19.8. The Morgan fingerprint density at radius 1 is 1.07 bits per heavy atom. The normalized spacial score (nSPS) is 15.0. The van der Waals surface area contributed by atoms with Gasteiger partial charge in [0.25, 0.3) is 5.91 Å². The van der Waals surface area contributed by atoms with Gasteiger partial charge < -0.3 is 22.2 Å². The molecule has 160 valence electrons. The van der Waals surface area contributed by atoms with Gasteiger partial charge in [-0.1, -0.05) is 48.4 Å². The fourth-order valence-corrected chi connectivity index (χ4v) is 5.83. The summed E-state index contributed by atoms with van der Waals surface area (Å²) in [5.74, 6) is -0.151. The largest absolute Gasteiger partial charge is 1.00 e. The summed E-state index contributed by atoms with van der Waals surface area (Å²) in [5.41, 5.74) is 2.11. The van der Waals surface area contributed by atoms with Crippen molar-refractivity contribution in [3.05, 3.63) is 64.0 Å². The molecule has 1 amide bonds. The molecule has 0 atom stereocenters. The summed E-state index contributed by atoms with van der Waals surface area (Å²) in [5, 5.41) is 4.46. The van der Waals surface area contributed by atoms with Crippen LogP contribution >= 0.6 is 22.9 Å². The molecule has 0 spiro atoms. The minimum atomic E-state index is -0.151. The molecule has 0 unspecified atom stereocenters. The quantitative estimate of drug-likeness (QED) is 0.575. The number of rotatable bonds is 5. The van der Waals surface area contributed by atoms with Crippen LogP contribution in [0, 0.1) is 0 Å². The van der Waals surface area contributed by atoms with Gasteiger partial charge in [0.15, 0.2) is 0 Å². The van der Waals surface area contributed by atoms with E-state index in [0.29, 0.717) is 9.90 Å². The Hall–Kier alpha value is -1.59. The second kappa shape index (κ2) is 9.69. The van der Waals surface area contributed by atoms with Crippen LogP contribution in [0.1, 0.15) is 47.3 Å². The minimum Gasteiger partial charge on any atom is -1.00 e. The predicted molar refractivity (Wildman–Crippen MR) is 124 cm³/mol. The number of hydrogen-bond donors (Lipinski definition) is 1. The van der Waals surface area contributed by atoms with Crippen LogP contribution in [0.25, 0.3) is 10.1 Å². The molecule has 3 nitrogen and oxygen atoms in total.